The summed E-state index contributed by atoms with van der Waals surface area (Å²) in [6, 6.07) is 4.71. The summed E-state index contributed by atoms with van der Waals surface area (Å²) in [5, 5.41) is 3.64. The minimum atomic E-state index is -0.693. The Bertz CT molecular complexity index is 697. The first-order valence-electron chi connectivity index (χ1n) is 8.18. The second-order valence-electron chi connectivity index (χ2n) is 6.99. The summed E-state index contributed by atoms with van der Waals surface area (Å²) in [4.78, 5) is 32.1. The monoisotopic (exact) mass is 331 g/mol. The van der Waals surface area contributed by atoms with E-state index >= 15 is 0 Å². The first-order valence-corrected chi connectivity index (χ1v) is 8.18. The highest BCUT2D eigenvalue weighted by molar-refractivity contribution is 5.99. The Hall–Kier alpha value is -2.37. The number of hydrogen-bond acceptors (Lipinski definition) is 4. The van der Waals surface area contributed by atoms with Gasteiger partial charge in [-0.3, -0.25) is 4.79 Å². The highest BCUT2D eigenvalue weighted by Crippen LogP contribution is 2.17. The van der Waals surface area contributed by atoms with Crippen LogP contribution in [0.3, 0.4) is 0 Å². The van der Waals surface area contributed by atoms with Gasteiger partial charge in [-0.2, -0.15) is 0 Å². The summed E-state index contributed by atoms with van der Waals surface area (Å²) in [5.41, 5.74) is 0.416. The highest BCUT2D eigenvalue weighted by Gasteiger charge is 2.31. The number of esters is 1. The zero-order valence-corrected chi connectivity index (χ0v) is 14.8. The van der Waals surface area contributed by atoms with Crippen molar-refractivity contribution in [3.63, 3.8) is 0 Å². The molecule has 0 aliphatic carbocycles. The van der Waals surface area contributed by atoms with Gasteiger partial charge in [-0.05, 0) is 44.9 Å². The number of hydrogen-bond donors (Lipinski definition) is 2. The summed E-state index contributed by atoms with van der Waals surface area (Å²) >= 11 is 0. The minimum Gasteiger partial charge on any atom is -0.458 e. The Morgan fingerprint density at radius 3 is 2.67 bits per heavy atom. The van der Waals surface area contributed by atoms with Gasteiger partial charge in [0, 0.05) is 11.6 Å². The molecule has 0 aliphatic heterocycles. The number of aromatic nitrogens is 2. The molecule has 0 saturated carbocycles. The van der Waals surface area contributed by atoms with E-state index in [1.165, 1.54) is 0 Å². The number of rotatable bonds is 5. The molecule has 2 atom stereocenters. The van der Waals surface area contributed by atoms with E-state index in [9.17, 15) is 9.59 Å². The first kappa shape index (κ1) is 18.0. The Labute approximate surface area is 142 Å². The normalized spacial score (nSPS) is 14.2. The third-order valence-electron chi connectivity index (χ3n) is 3.80. The summed E-state index contributed by atoms with van der Waals surface area (Å²) in [6.45, 7) is 9.32. The molecule has 130 valence electrons. The quantitative estimate of drug-likeness (QED) is 0.825. The zero-order valence-electron chi connectivity index (χ0n) is 14.8. The second-order valence-corrected chi connectivity index (χ2v) is 6.99. The van der Waals surface area contributed by atoms with Gasteiger partial charge in [-0.15, -0.1) is 0 Å². The standard InChI is InChI=1S/C18H25N3O3/c1-6-11(2)14(17(23)24-18(3,4)5)21-16(22)13-10-12-8-7-9-19-15(12)20-13/h7-11,14H,6H2,1-5H3,(H,19,20)(H,21,22)/t11-,14-/m0/s1. The molecule has 6 nitrogen and oxygen atoms in total. The average molecular weight is 331 g/mol. The van der Waals surface area contributed by atoms with Gasteiger partial charge in [0.1, 0.15) is 23.0 Å². The molecule has 0 saturated heterocycles. The molecule has 1 amide bonds. The van der Waals surface area contributed by atoms with Gasteiger partial charge < -0.3 is 15.0 Å². The molecule has 0 fully saturated rings. The lowest BCUT2D eigenvalue weighted by molar-refractivity contribution is -0.158. The van der Waals surface area contributed by atoms with Gasteiger partial charge in [0.25, 0.3) is 5.91 Å². The lowest BCUT2D eigenvalue weighted by Gasteiger charge is -2.27. The van der Waals surface area contributed by atoms with Crippen LogP contribution in [0.4, 0.5) is 0 Å². The number of carbonyl (C=O) groups excluding carboxylic acids is 2. The van der Waals surface area contributed by atoms with Crippen molar-refractivity contribution in [3.05, 3.63) is 30.1 Å². The summed E-state index contributed by atoms with van der Waals surface area (Å²) in [7, 11) is 0. The minimum absolute atomic E-state index is 0.0358. The van der Waals surface area contributed by atoms with Crippen molar-refractivity contribution < 1.29 is 14.3 Å². The van der Waals surface area contributed by atoms with Crippen LogP contribution in [0.1, 0.15) is 51.5 Å². The van der Waals surface area contributed by atoms with Crippen LogP contribution in [0.15, 0.2) is 24.4 Å². The number of carbonyl (C=O) groups is 2. The van der Waals surface area contributed by atoms with Crippen LogP contribution in [0.25, 0.3) is 11.0 Å². The molecule has 24 heavy (non-hydrogen) atoms. The number of pyridine rings is 1. The number of nitrogens with zero attached hydrogens (tertiary/aromatic N) is 1. The van der Waals surface area contributed by atoms with Crippen LogP contribution in [0.5, 0.6) is 0 Å². The number of ether oxygens (including phenoxy) is 1. The summed E-state index contributed by atoms with van der Waals surface area (Å²) in [6.07, 6.45) is 2.40. The molecular formula is C18H25N3O3. The van der Waals surface area contributed by atoms with Crippen LogP contribution < -0.4 is 5.32 Å². The highest BCUT2D eigenvalue weighted by atomic mass is 16.6. The molecule has 2 aromatic heterocycles. The van der Waals surface area contributed by atoms with E-state index in [1.54, 1.807) is 18.3 Å². The van der Waals surface area contributed by atoms with Crippen molar-refractivity contribution in [3.8, 4) is 0 Å². The summed E-state index contributed by atoms with van der Waals surface area (Å²) in [5.74, 6) is -0.796. The average Bonchev–Trinajstić information content (AvgIpc) is 2.94. The van der Waals surface area contributed by atoms with Crippen molar-refractivity contribution in [1.29, 1.82) is 0 Å². The fourth-order valence-electron chi connectivity index (χ4n) is 2.33. The van der Waals surface area contributed by atoms with Gasteiger partial charge in [0.15, 0.2) is 0 Å². The van der Waals surface area contributed by atoms with Crippen LogP contribution in [-0.4, -0.2) is 33.5 Å². The predicted molar refractivity (Wildman–Crippen MR) is 92.6 cm³/mol. The topological polar surface area (TPSA) is 84.1 Å². The lowest BCUT2D eigenvalue weighted by Crippen LogP contribution is -2.47. The third kappa shape index (κ3) is 4.34. The van der Waals surface area contributed by atoms with Crippen LogP contribution >= 0.6 is 0 Å². The summed E-state index contributed by atoms with van der Waals surface area (Å²) < 4.78 is 5.44. The first-order chi connectivity index (χ1) is 11.2. The fourth-order valence-corrected chi connectivity index (χ4v) is 2.33. The van der Waals surface area contributed by atoms with E-state index in [1.807, 2.05) is 40.7 Å². The van der Waals surface area contributed by atoms with Crippen molar-refractivity contribution in [1.82, 2.24) is 15.3 Å². The van der Waals surface area contributed by atoms with Crippen molar-refractivity contribution in [2.24, 2.45) is 5.92 Å². The maximum absolute atomic E-state index is 12.5. The maximum atomic E-state index is 12.5. The Morgan fingerprint density at radius 1 is 1.38 bits per heavy atom. The molecule has 2 N–H and O–H groups in total. The molecule has 0 unspecified atom stereocenters. The molecule has 0 bridgehead atoms. The second kappa shape index (κ2) is 7.03. The molecular weight excluding hydrogens is 306 g/mol. The Morgan fingerprint density at radius 2 is 2.08 bits per heavy atom. The number of amides is 1. The van der Waals surface area contributed by atoms with Gasteiger partial charge in [-0.1, -0.05) is 20.3 Å². The number of nitrogens with one attached hydrogen (secondary N) is 2. The lowest BCUT2D eigenvalue weighted by atomic mass is 9.98. The predicted octanol–water partition coefficient (Wildman–Crippen LogP) is 3.05. The molecule has 0 radical (unpaired) electrons. The molecule has 2 aromatic rings. The van der Waals surface area contributed by atoms with E-state index in [4.69, 9.17) is 4.74 Å². The van der Waals surface area contributed by atoms with E-state index in [2.05, 4.69) is 15.3 Å². The zero-order chi connectivity index (χ0) is 17.9. The van der Waals surface area contributed by atoms with Gasteiger partial charge in [0.05, 0.1) is 0 Å². The molecule has 2 heterocycles. The third-order valence-corrected chi connectivity index (χ3v) is 3.80. The van der Waals surface area contributed by atoms with Crippen molar-refractivity contribution in [2.75, 3.05) is 0 Å². The smallest absolute Gasteiger partial charge is 0.329 e. The molecule has 2 rings (SSSR count). The SMILES string of the molecule is CC[C@H](C)[C@H](NC(=O)c1cc2cccnc2[nH]1)C(=O)OC(C)(C)C. The van der Waals surface area contributed by atoms with Crippen molar-refractivity contribution in [2.45, 2.75) is 52.7 Å². The van der Waals surface area contributed by atoms with Crippen molar-refractivity contribution >= 4 is 22.9 Å². The van der Waals surface area contributed by atoms with E-state index in [0.29, 0.717) is 11.3 Å². The number of aromatic amines is 1. The fraction of sp³-hybridized carbons (Fsp3) is 0.500. The Balaban J connectivity index is 2.18. The van der Waals surface area contributed by atoms with E-state index in [0.717, 1.165) is 11.8 Å². The van der Waals surface area contributed by atoms with Gasteiger partial charge >= 0.3 is 5.97 Å². The number of H-pyrrole nitrogens is 1. The van der Waals surface area contributed by atoms with Crippen LogP contribution in [-0.2, 0) is 9.53 Å². The van der Waals surface area contributed by atoms with Crippen LogP contribution in [0, 0.1) is 5.92 Å². The molecule has 6 heteroatoms. The Kier molecular flexibility index (Phi) is 5.26. The van der Waals surface area contributed by atoms with E-state index in [-0.39, 0.29) is 11.8 Å². The van der Waals surface area contributed by atoms with Crippen LogP contribution in [0.2, 0.25) is 0 Å². The molecule has 0 aromatic carbocycles. The maximum Gasteiger partial charge on any atom is 0.329 e. The number of fused-ring (bicyclic) bond motifs is 1. The van der Waals surface area contributed by atoms with Gasteiger partial charge in [0.2, 0.25) is 0 Å². The van der Waals surface area contributed by atoms with Gasteiger partial charge in [-0.25, -0.2) is 9.78 Å². The molecule has 0 aliphatic rings. The molecule has 0 spiro atoms. The largest absolute Gasteiger partial charge is 0.458 e. The van der Waals surface area contributed by atoms with E-state index < -0.39 is 17.6 Å².